The topological polar surface area (TPSA) is 349 Å². The number of benzene rings is 1. The first-order valence-corrected chi connectivity index (χ1v) is 18.3. The number of aromatic nitrogens is 1. The first kappa shape index (κ1) is 46.9. The number of amides is 6. The number of hydroxylamine groups is 4. The standard InChI is InChI=1S/C33H48N9O13S/c34-11-3-4-12-35-28(48)23(9-6-14-42(55)19-45)38-30(50)24(16-43)39-31(51)26(27(47)33(52)53)40-29(49)22(36-18-44)8-5-13-41(54)15-20-17-56-32(37-20)21-7-1-2-10-25(21)46/h1-2,7,10,17-19,22-24,26-27,43,46-47,55H,3-6,8-9,11-16,34H2,(H,35,48)(H,36,44)(H,38,50)(H,39,51)(H,40,49)(H,52,53)/q-1. The fourth-order valence-corrected chi connectivity index (χ4v) is 5.90. The van der Waals surface area contributed by atoms with E-state index in [2.05, 4.69) is 20.9 Å². The van der Waals surface area contributed by atoms with Gasteiger partial charge in [0.1, 0.15) is 34.9 Å². The second-order valence-corrected chi connectivity index (χ2v) is 13.1. The van der Waals surface area contributed by atoms with Crippen molar-refractivity contribution >= 4 is 53.8 Å². The first-order valence-electron chi connectivity index (χ1n) is 17.4. The molecule has 0 bridgehead atoms. The van der Waals surface area contributed by atoms with Gasteiger partial charge >= 0.3 is 5.97 Å². The van der Waals surface area contributed by atoms with Crippen molar-refractivity contribution in [2.75, 3.05) is 32.8 Å². The Morgan fingerprint density at radius 2 is 1.57 bits per heavy atom. The van der Waals surface area contributed by atoms with Crippen LogP contribution in [0, 0.1) is 5.21 Å². The number of aliphatic hydroxyl groups excluding tert-OH is 2. The minimum atomic E-state index is -2.58. The van der Waals surface area contributed by atoms with Gasteiger partial charge in [0.05, 0.1) is 17.9 Å². The molecule has 1 heterocycles. The molecule has 0 spiro atoms. The number of nitrogens with two attached hydrogens (primary N) is 1. The van der Waals surface area contributed by atoms with Crippen molar-refractivity contribution in [3.63, 3.8) is 0 Å². The average molecular weight is 811 g/mol. The molecule has 1 aromatic heterocycles. The minimum absolute atomic E-state index is 0.0112. The number of nitrogens with zero attached hydrogens (tertiary/aromatic N) is 3. The summed E-state index contributed by atoms with van der Waals surface area (Å²) in [5.74, 6) is -6.29. The Balaban J connectivity index is 2.07. The number of hydrogen-bond acceptors (Lipinski definition) is 16. The number of aliphatic hydroxyl groups is 2. The van der Waals surface area contributed by atoms with Gasteiger partial charge in [0.25, 0.3) is 0 Å². The van der Waals surface area contributed by atoms with Crippen LogP contribution >= 0.6 is 11.3 Å². The molecule has 22 nitrogen and oxygen atoms in total. The molecular weight excluding hydrogens is 762 g/mol. The molecule has 56 heavy (non-hydrogen) atoms. The second-order valence-electron chi connectivity index (χ2n) is 12.3. The van der Waals surface area contributed by atoms with Crippen molar-refractivity contribution in [3.8, 4) is 16.3 Å². The maximum atomic E-state index is 13.2. The largest absolute Gasteiger partial charge is 0.785 e. The van der Waals surface area contributed by atoms with Gasteiger partial charge in [0.15, 0.2) is 6.10 Å². The van der Waals surface area contributed by atoms with Crippen molar-refractivity contribution in [3.05, 3.63) is 40.5 Å². The lowest BCUT2D eigenvalue weighted by atomic mass is 10.1. The van der Waals surface area contributed by atoms with Gasteiger partial charge in [-0.05, 0) is 63.7 Å². The number of carboxylic acids is 1. The van der Waals surface area contributed by atoms with E-state index in [1.54, 1.807) is 23.6 Å². The molecule has 12 N–H and O–H groups in total. The van der Waals surface area contributed by atoms with Gasteiger partial charge in [0.2, 0.25) is 36.4 Å². The number of unbranched alkanes of at least 4 members (excludes halogenated alkanes) is 1. The number of hydrogen-bond donors (Lipinski definition) is 11. The van der Waals surface area contributed by atoms with Gasteiger partial charge in [-0.2, -0.15) is 0 Å². The van der Waals surface area contributed by atoms with Crippen LogP contribution in [0.3, 0.4) is 0 Å². The fraction of sp³-hybridized carbons (Fsp3) is 0.515. The Hall–Kier alpha value is -5.30. The van der Waals surface area contributed by atoms with Crippen LogP contribution in [-0.2, 0) is 40.1 Å². The summed E-state index contributed by atoms with van der Waals surface area (Å²) in [7, 11) is 0. The van der Waals surface area contributed by atoms with Crippen molar-refractivity contribution in [1.29, 1.82) is 0 Å². The molecule has 0 aliphatic heterocycles. The molecule has 5 atom stereocenters. The quantitative estimate of drug-likeness (QED) is 0.0178. The van der Waals surface area contributed by atoms with Crippen LogP contribution in [0.5, 0.6) is 5.75 Å². The van der Waals surface area contributed by atoms with Crippen LogP contribution in [0.4, 0.5) is 0 Å². The molecule has 0 aliphatic rings. The number of carboxylic acid groups (broad SMARTS) is 1. The van der Waals surface area contributed by atoms with Crippen molar-refractivity contribution < 1.29 is 59.2 Å². The maximum Gasteiger partial charge on any atom is 0.335 e. The number of phenolic OH excluding ortho intramolecular Hbond substituents is 1. The van der Waals surface area contributed by atoms with Crippen molar-refractivity contribution in [2.45, 2.75) is 75.3 Å². The van der Waals surface area contributed by atoms with Crippen LogP contribution in [0.1, 0.15) is 44.2 Å². The van der Waals surface area contributed by atoms with E-state index >= 15 is 0 Å². The highest BCUT2D eigenvalue weighted by atomic mass is 32.1. The zero-order chi connectivity index (χ0) is 41.6. The number of thiazole rings is 1. The molecule has 1 aromatic carbocycles. The molecule has 0 fully saturated rings. The Morgan fingerprint density at radius 1 is 0.911 bits per heavy atom. The lowest BCUT2D eigenvalue weighted by Crippen LogP contribution is -2.62. The van der Waals surface area contributed by atoms with Crippen molar-refractivity contribution in [1.82, 2.24) is 41.7 Å². The summed E-state index contributed by atoms with van der Waals surface area (Å²) in [6.45, 7) is -1.00. The Morgan fingerprint density at radius 3 is 2.21 bits per heavy atom. The molecule has 0 saturated heterocycles. The number of phenols is 1. The normalized spacial score (nSPS) is 13.7. The number of rotatable bonds is 28. The van der Waals surface area contributed by atoms with Gasteiger partial charge < -0.3 is 63.0 Å². The highest BCUT2D eigenvalue weighted by Crippen LogP contribution is 2.31. The van der Waals surface area contributed by atoms with E-state index in [0.29, 0.717) is 45.8 Å². The van der Waals surface area contributed by atoms with E-state index in [-0.39, 0.29) is 70.4 Å². The van der Waals surface area contributed by atoms with Gasteiger partial charge in [0, 0.05) is 25.0 Å². The van der Waals surface area contributed by atoms with Gasteiger partial charge in [-0.3, -0.25) is 34.0 Å². The van der Waals surface area contributed by atoms with Crippen molar-refractivity contribution in [2.24, 2.45) is 5.73 Å². The number of para-hydroxylation sites is 1. The predicted molar refractivity (Wildman–Crippen MR) is 197 cm³/mol. The summed E-state index contributed by atoms with van der Waals surface area (Å²) in [6.07, 6.45) is -1.42. The molecular formula is C33H48N9O13S-. The van der Waals surface area contributed by atoms with E-state index in [1.165, 1.54) is 17.4 Å². The summed E-state index contributed by atoms with van der Waals surface area (Å²) in [5.41, 5.74) is 6.36. The average Bonchev–Trinajstić information content (AvgIpc) is 3.63. The lowest BCUT2D eigenvalue weighted by Gasteiger charge is -2.28. The summed E-state index contributed by atoms with van der Waals surface area (Å²) >= 11 is 1.22. The zero-order valence-electron chi connectivity index (χ0n) is 30.2. The molecule has 310 valence electrons. The zero-order valence-corrected chi connectivity index (χ0v) is 31.1. The molecule has 5 unspecified atom stereocenters. The fourth-order valence-electron chi connectivity index (χ4n) is 5.06. The number of carbonyl (C=O) groups excluding carboxylic acids is 6. The maximum absolute atomic E-state index is 13.2. The van der Waals surface area contributed by atoms with E-state index in [4.69, 9.17) is 5.73 Å². The Bertz CT molecular complexity index is 1600. The smallest absolute Gasteiger partial charge is 0.335 e. The van der Waals surface area contributed by atoms with Gasteiger partial charge in [-0.1, -0.05) is 12.1 Å². The number of aliphatic carboxylic acids is 1. The highest BCUT2D eigenvalue weighted by Gasteiger charge is 2.37. The number of aromatic hydroxyl groups is 1. The first-order chi connectivity index (χ1) is 26.8. The Labute approximate surface area is 325 Å². The van der Waals surface area contributed by atoms with Crippen LogP contribution in [0.15, 0.2) is 29.6 Å². The third kappa shape index (κ3) is 15.8. The predicted octanol–water partition coefficient (Wildman–Crippen LogP) is -2.91. The molecule has 23 heteroatoms. The molecule has 0 aliphatic carbocycles. The van der Waals surface area contributed by atoms with Crippen LogP contribution < -0.4 is 32.3 Å². The molecule has 0 saturated carbocycles. The summed E-state index contributed by atoms with van der Waals surface area (Å²) < 4.78 is 0. The highest BCUT2D eigenvalue weighted by molar-refractivity contribution is 7.13. The van der Waals surface area contributed by atoms with E-state index < -0.39 is 66.5 Å². The summed E-state index contributed by atoms with van der Waals surface area (Å²) in [5, 5.41) is 76.0. The molecule has 2 rings (SSSR count). The van der Waals surface area contributed by atoms with E-state index in [1.807, 2.05) is 10.6 Å². The summed E-state index contributed by atoms with van der Waals surface area (Å²) in [6, 6.07) is -0.255. The SMILES string of the molecule is NCCCCNC(=O)C(CCCN(O)C=O)NC(=O)C(CO)NC(=O)C(NC(=O)C(CCCN([O-])Cc1csc(-c2ccccc2O)n1)NC=O)C(O)C(=O)O. The van der Waals surface area contributed by atoms with Crippen LogP contribution in [0.2, 0.25) is 0 Å². The van der Waals surface area contributed by atoms with Crippen LogP contribution in [0.25, 0.3) is 10.6 Å². The van der Waals surface area contributed by atoms with E-state index in [0.717, 1.165) is 0 Å². The molecule has 0 radical (unpaired) electrons. The minimum Gasteiger partial charge on any atom is -0.785 e. The third-order valence-corrected chi connectivity index (χ3v) is 8.96. The Kier molecular flexibility index (Phi) is 20.9. The lowest BCUT2D eigenvalue weighted by molar-refractivity contribution is -0.152. The van der Waals surface area contributed by atoms with Crippen LogP contribution in [-0.4, -0.2) is 146 Å². The number of carbonyl (C=O) groups is 7. The third-order valence-electron chi connectivity index (χ3n) is 8.04. The summed E-state index contributed by atoms with van der Waals surface area (Å²) in [4.78, 5) is 90.4. The van der Waals surface area contributed by atoms with E-state index in [9.17, 15) is 64.4 Å². The van der Waals surface area contributed by atoms with Gasteiger partial charge in [-0.15, -0.1) is 11.3 Å². The second kappa shape index (κ2) is 25.0. The monoisotopic (exact) mass is 810 g/mol. The number of nitrogens with one attached hydrogen (secondary N) is 5. The molecule has 2 aromatic rings. The van der Waals surface area contributed by atoms with Gasteiger partial charge in [-0.25, -0.2) is 14.8 Å². The molecule has 6 amide bonds.